The molecule has 12 heteroatoms. The molecule has 0 saturated carbocycles. The highest BCUT2D eigenvalue weighted by molar-refractivity contribution is 6.31. The van der Waals surface area contributed by atoms with Crippen LogP contribution in [-0.2, 0) is 33.4 Å². The van der Waals surface area contributed by atoms with Crippen LogP contribution < -0.4 is 11.1 Å². The van der Waals surface area contributed by atoms with Crippen LogP contribution in [0.2, 0.25) is 5.02 Å². The Balaban J connectivity index is 0.000000658. The molecule has 0 amide bonds. The Labute approximate surface area is 206 Å². The largest absolute Gasteiger partial charge is 0.478 e. The number of benzene rings is 1. The molecular weight excluding hydrogens is 484 g/mol. The van der Waals surface area contributed by atoms with Crippen LogP contribution in [-0.4, -0.2) is 67.6 Å². The molecule has 0 saturated heterocycles. The second-order valence-corrected chi connectivity index (χ2v) is 7.06. The number of carboxylic acid groups (broad SMARTS) is 2. The van der Waals surface area contributed by atoms with E-state index in [4.69, 9.17) is 41.8 Å². The molecule has 0 bridgehead atoms. The smallest absolute Gasteiger partial charge is 0.336 e. The minimum Gasteiger partial charge on any atom is -0.478 e. The lowest BCUT2D eigenvalue weighted by Crippen LogP contribution is -2.32. The SMILES string of the molecule is CCOC(=O)C1=C(COCCN)NC=C(C(=O)OC)C1c1ccccc1Cl.O=C(O)/C=C\C(=O)O. The van der Waals surface area contributed by atoms with Crippen molar-refractivity contribution >= 4 is 35.5 Å². The number of rotatable bonds is 10. The van der Waals surface area contributed by atoms with Gasteiger partial charge in [-0.1, -0.05) is 29.8 Å². The first-order valence-corrected chi connectivity index (χ1v) is 10.7. The van der Waals surface area contributed by atoms with Gasteiger partial charge < -0.3 is 35.5 Å². The monoisotopic (exact) mass is 510 g/mol. The van der Waals surface area contributed by atoms with Gasteiger partial charge >= 0.3 is 23.9 Å². The third-order valence-electron chi connectivity index (χ3n) is 4.34. The number of esters is 2. The molecule has 0 spiro atoms. The van der Waals surface area contributed by atoms with Gasteiger partial charge in [-0.05, 0) is 18.6 Å². The molecular formula is C23H27ClN2O9. The number of nitrogens with two attached hydrogens (primary N) is 1. The minimum absolute atomic E-state index is 0.108. The van der Waals surface area contributed by atoms with Crippen molar-refractivity contribution in [3.63, 3.8) is 0 Å². The van der Waals surface area contributed by atoms with Gasteiger partial charge in [-0.2, -0.15) is 0 Å². The maximum Gasteiger partial charge on any atom is 0.336 e. The van der Waals surface area contributed by atoms with Crippen molar-refractivity contribution in [2.45, 2.75) is 12.8 Å². The summed E-state index contributed by atoms with van der Waals surface area (Å²) >= 11 is 6.37. The van der Waals surface area contributed by atoms with Gasteiger partial charge in [0, 0.05) is 29.9 Å². The van der Waals surface area contributed by atoms with Crippen LogP contribution in [0.1, 0.15) is 18.4 Å². The Kier molecular flexibility index (Phi) is 12.8. The molecule has 1 atom stereocenters. The summed E-state index contributed by atoms with van der Waals surface area (Å²) in [5.74, 6) is -4.39. The molecule has 2 rings (SSSR count). The Hall–Kier alpha value is -3.67. The van der Waals surface area contributed by atoms with Crippen LogP contribution in [0.25, 0.3) is 0 Å². The lowest BCUT2D eigenvalue weighted by Gasteiger charge is -2.29. The van der Waals surface area contributed by atoms with Gasteiger partial charge in [0.1, 0.15) is 0 Å². The molecule has 11 nitrogen and oxygen atoms in total. The van der Waals surface area contributed by atoms with Crippen LogP contribution in [0.5, 0.6) is 0 Å². The van der Waals surface area contributed by atoms with Crippen LogP contribution in [0.3, 0.4) is 0 Å². The predicted molar refractivity (Wildman–Crippen MR) is 125 cm³/mol. The number of hydrogen-bond acceptors (Lipinski definition) is 9. The summed E-state index contributed by atoms with van der Waals surface area (Å²) in [6.07, 6.45) is 2.62. The number of carboxylic acids is 2. The molecule has 0 radical (unpaired) electrons. The van der Waals surface area contributed by atoms with Crippen molar-refractivity contribution in [2.24, 2.45) is 5.73 Å². The quantitative estimate of drug-likeness (QED) is 0.204. The Bertz CT molecular complexity index is 1000. The van der Waals surface area contributed by atoms with Crippen LogP contribution in [0, 0.1) is 0 Å². The van der Waals surface area contributed by atoms with E-state index in [-0.39, 0.29) is 24.4 Å². The van der Waals surface area contributed by atoms with Gasteiger partial charge in [-0.15, -0.1) is 0 Å². The van der Waals surface area contributed by atoms with Crippen molar-refractivity contribution in [1.82, 2.24) is 5.32 Å². The average molecular weight is 511 g/mol. The van der Waals surface area contributed by atoms with E-state index in [0.717, 1.165) is 0 Å². The maximum absolute atomic E-state index is 12.8. The molecule has 0 aliphatic carbocycles. The van der Waals surface area contributed by atoms with Gasteiger partial charge in [-0.3, -0.25) is 0 Å². The van der Waals surface area contributed by atoms with Gasteiger partial charge in [-0.25, -0.2) is 19.2 Å². The van der Waals surface area contributed by atoms with Crippen molar-refractivity contribution in [2.75, 3.05) is 33.5 Å². The van der Waals surface area contributed by atoms with Gasteiger partial charge in [0.25, 0.3) is 0 Å². The van der Waals surface area contributed by atoms with Crippen LogP contribution in [0.15, 0.2) is 59.5 Å². The fourth-order valence-corrected chi connectivity index (χ4v) is 3.20. The third kappa shape index (κ3) is 9.24. The maximum atomic E-state index is 12.8. The zero-order valence-corrected chi connectivity index (χ0v) is 19.9. The highest BCUT2D eigenvalue weighted by Crippen LogP contribution is 2.40. The van der Waals surface area contributed by atoms with E-state index in [1.165, 1.54) is 13.3 Å². The first kappa shape index (κ1) is 29.4. The number of aliphatic carboxylic acids is 2. The lowest BCUT2D eigenvalue weighted by molar-refractivity contribution is -0.139. The molecule has 35 heavy (non-hydrogen) atoms. The number of hydrogen-bond donors (Lipinski definition) is 4. The highest BCUT2D eigenvalue weighted by Gasteiger charge is 2.37. The van der Waals surface area contributed by atoms with E-state index < -0.39 is 29.8 Å². The van der Waals surface area contributed by atoms with E-state index in [9.17, 15) is 19.2 Å². The number of halogens is 1. The molecule has 0 aromatic heterocycles. The molecule has 1 aromatic carbocycles. The molecule has 1 aromatic rings. The minimum atomic E-state index is -1.26. The van der Waals surface area contributed by atoms with E-state index in [0.29, 0.717) is 41.6 Å². The average Bonchev–Trinajstić information content (AvgIpc) is 2.83. The van der Waals surface area contributed by atoms with Crippen molar-refractivity contribution in [1.29, 1.82) is 0 Å². The second-order valence-electron chi connectivity index (χ2n) is 6.65. The Morgan fingerprint density at radius 1 is 1.11 bits per heavy atom. The summed E-state index contributed by atoms with van der Waals surface area (Å²) in [7, 11) is 1.28. The van der Waals surface area contributed by atoms with Crippen LogP contribution in [0.4, 0.5) is 0 Å². The van der Waals surface area contributed by atoms with E-state index >= 15 is 0 Å². The molecule has 0 fully saturated rings. The van der Waals surface area contributed by atoms with Gasteiger partial charge in [0.2, 0.25) is 0 Å². The number of dihydropyridines is 1. The first-order valence-electron chi connectivity index (χ1n) is 10.3. The van der Waals surface area contributed by atoms with E-state index in [1.54, 1.807) is 31.2 Å². The molecule has 5 N–H and O–H groups in total. The number of methoxy groups -OCH3 is 1. The third-order valence-corrected chi connectivity index (χ3v) is 4.68. The Morgan fingerprint density at radius 3 is 2.26 bits per heavy atom. The number of carbonyl (C=O) groups excluding carboxylic acids is 2. The zero-order valence-electron chi connectivity index (χ0n) is 19.2. The summed E-state index contributed by atoms with van der Waals surface area (Å²) in [6, 6.07) is 7.01. The zero-order chi connectivity index (χ0) is 26.4. The van der Waals surface area contributed by atoms with Crippen molar-refractivity contribution in [3.8, 4) is 0 Å². The fraction of sp³-hybridized carbons (Fsp3) is 0.304. The molecule has 190 valence electrons. The summed E-state index contributed by atoms with van der Waals surface area (Å²) < 4.78 is 15.6. The standard InChI is InChI=1S/C19H23ClN2O5.C4H4O4/c1-3-27-19(24)17-15(11-26-9-8-21)22-10-13(18(23)25-2)16(17)12-6-4-5-7-14(12)20;5-3(6)1-2-4(7)8/h4-7,10,16,22H,3,8-9,11,21H2,1-2H3;1-2H,(H,5,6)(H,7,8)/b;2-1-. The lowest BCUT2D eigenvalue weighted by atomic mass is 9.82. The summed E-state index contributed by atoms with van der Waals surface area (Å²) in [6.45, 7) is 2.68. The van der Waals surface area contributed by atoms with E-state index in [1.807, 2.05) is 0 Å². The first-order chi connectivity index (χ1) is 16.7. The predicted octanol–water partition coefficient (Wildman–Crippen LogP) is 1.59. The van der Waals surface area contributed by atoms with Gasteiger partial charge in [0.15, 0.2) is 0 Å². The molecule has 1 aliphatic heterocycles. The number of ether oxygens (including phenoxy) is 3. The topological polar surface area (TPSA) is 174 Å². The van der Waals surface area contributed by atoms with Crippen molar-refractivity contribution < 1.29 is 43.6 Å². The Morgan fingerprint density at radius 2 is 1.74 bits per heavy atom. The van der Waals surface area contributed by atoms with Crippen molar-refractivity contribution in [3.05, 3.63) is 70.0 Å². The fourth-order valence-electron chi connectivity index (χ4n) is 2.95. The summed E-state index contributed by atoms with van der Waals surface area (Å²) in [5, 5.41) is 19.0. The highest BCUT2D eigenvalue weighted by atomic mass is 35.5. The summed E-state index contributed by atoms with van der Waals surface area (Å²) in [5.41, 5.74) is 7.04. The number of nitrogens with one attached hydrogen (secondary N) is 1. The van der Waals surface area contributed by atoms with Crippen LogP contribution >= 0.6 is 11.6 Å². The molecule has 1 heterocycles. The van der Waals surface area contributed by atoms with Gasteiger partial charge in [0.05, 0.1) is 49.7 Å². The molecule has 1 unspecified atom stereocenters. The molecule has 1 aliphatic rings. The number of carbonyl (C=O) groups is 4. The normalized spacial score (nSPS) is 14.9. The van der Waals surface area contributed by atoms with E-state index in [2.05, 4.69) is 5.32 Å². The second kappa shape index (κ2) is 15.3. The summed E-state index contributed by atoms with van der Waals surface area (Å²) in [4.78, 5) is 44.2.